The molecule has 160 valence electrons. The number of nitrogens with one attached hydrogen (secondary N) is 1. The number of fused-ring (bicyclic) bond motifs is 3. The van der Waals surface area contributed by atoms with Crippen LogP contribution in [0.4, 0.5) is 0 Å². The summed E-state index contributed by atoms with van der Waals surface area (Å²) in [6.07, 6.45) is 5.83. The van der Waals surface area contributed by atoms with Gasteiger partial charge in [-0.15, -0.1) is 0 Å². The van der Waals surface area contributed by atoms with Crippen LogP contribution in [0.15, 0.2) is 21.3 Å². The molecule has 1 aliphatic carbocycles. The van der Waals surface area contributed by atoms with Gasteiger partial charge in [0.2, 0.25) is 5.91 Å². The molecule has 0 spiro atoms. The lowest BCUT2D eigenvalue weighted by Gasteiger charge is -2.19. The maximum Gasteiger partial charge on any atom is 0.339 e. The largest absolute Gasteiger partial charge is 0.483 e. The first kappa shape index (κ1) is 20.4. The zero-order chi connectivity index (χ0) is 21.1. The Kier molecular flexibility index (Phi) is 6.06. The number of hydrogen-bond donors (Lipinski definition) is 1. The van der Waals surface area contributed by atoms with E-state index < -0.39 is 0 Å². The number of nitrogens with zero attached hydrogens (tertiary/aromatic N) is 1. The molecule has 1 fully saturated rings. The summed E-state index contributed by atoms with van der Waals surface area (Å²) in [5, 5.41) is 3.67. The highest BCUT2D eigenvalue weighted by Gasteiger charge is 2.22. The lowest BCUT2D eigenvalue weighted by molar-refractivity contribution is -0.127. The minimum atomic E-state index is -0.261. The molecule has 2 heterocycles. The summed E-state index contributed by atoms with van der Waals surface area (Å²) in [5.41, 5.74) is 2.91. The normalized spacial score (nSPS) is 16.0. The Morgan fingerprint density at radius 3 is 2.70 bits per heavy atom. The highest BCUT2D eigenvalue weighted by atomic mass is 16.5. The molecule has 7 nitrogen and oxygen atoms in total. The van der Waals surface area contributed by atoms with E-state index in [9.17, 15) is 14.4 Å². The highest BCUT2D eigenvalue weighted by molar-refractivity contribution is 5.89. The Balaban J connectivity index is 1.40. The maximum absolute atomic E-state index is 12.3. The third kappa shape index (κ3) is 4.35. The van der Waals surface area contributed by atoms with Crippen molar-refractivity contribution in [3.05, 3.63) is 39.2 Å². The number of aryl methyl sites for hydroxylation is 2. The van der Waals surface area contributed by atoms with Gasteiger partial charge in [-0.2, -0.15) is 0 Å². The van der Waals surface area contributed by atoms with Gasteiger partial charge in [0.25, 0.3) is 5.91 Å². The molecule has 0 atom stereocenters. The Labute approximate surface area is 175 Å². The fourth-order valence-electron chi connectivity index (χ4n) is 4.41. The summed E-state index contributed by atoms with van der Waals surface area (Å²) < 4.78 is 11.4. The van der Waals surface area contributed by atoms with Crippen LogP contribution in [0.2, 0.25) is 0 Å². The van der Waals surface area contributed by atoms with Gasteiger partial charge in [0.1, 0.15) is 11.3 Å². The van der Waals surface area contributed by atoms with Crippen molar-refractivity contribution in [1.82, 2.24) is 10.2 Å². The average Bonchev–Trinajstić information content (AvgIpc) is 3.14. The number of hydrogen-bond acceptors (Lipinski definition) is 5. The van der Waals surface area contributed by atoms with Crippen molar-refractivity contribution in [3.63, 3.8) is 0 Å². The van der Waals surface area contributed by atoms with Gasteiger partial charge in [-0.1, -0.05) is 0 Å². The van der Waals surface area contributed by atoms with E-state index in [0.717, 1.165) is 67.1 Å². The van der Waals surface area contributed by atoms with Crippen LogP contribution in [0.3, 0.4) is 0 Å². The molecule has 0 saturated carbocycles. The van der Waals surface area contributed by atoms with Crippen molar-refractivity contribution in [2.75, 3.05) is 26.2 Å². The van der Waals surface area contributed by atoms with E-state index in [1.54, 1.807) is 0 Å². The second-order valence-corrected chi connectivity index (χ2v) is 8.17. The van der Waals surface area contributed by atoms with Crippen LogP contribution in [-0.4, -0.2) is 43.0 Å². The number of ether oxygens (including phenoxy) is 1. The first-order chi connectivity index (χ1) is 14.5. The predicted molar refractivity (Wildman–Crippen MR) is 113 cm³/mol. The molecule has 1 saturated heterocycles. The van der Waals surface area contributed by atoms with Gasteiger partial charge >= 0.3 is 5.63 Å². The monoisotopic (exact) mass is 412 g/mol. The molecule has 1 aliphatic heterocycles. The lowest BCUT2D eigenvalue weighted by Crippen LogP contribution is -2.33. The van der Waals surface area contributed by atoms with E-state index in [0.29, 0.717) is 30.8 Å². The standard InChI is InChI=1S/C23H28N2O5/c1-15-12-18(22-16-6-2-3-7-17(16)23(28)30-19(22)13-15)29-14-20(26)24-9-5-11-25-10-4-8-21(25)27/h12-13H,2-11,14H2,1H3,(H,24,26). The fraction of sp³-hybridized carbons (Fsp3) is 0.522. The molecule has 0 bridgehead atoms. The zero-order valence-electron chi connectivity index (χ0n) is 17.4. The van der Waals surface area contributed by atoms with Gasteiger partial charge in [-0.05, 0) is 68.7 Å². The molecule has 2 aromatic rings. The second kappa shape index (κ2) is 8.90. The molecule has 1 N–H and O–H groups in total. The molecule has 4 rings (SSSR count). The summed E-state index contributed by atoms with van der Waals surface area (Å²) in [4.78, 5) is 38.0. The number of benzene rings is 1. The highest BCUT2D eigenvalue weighted by Crippen LogP contribution is 2.34. The van der Waals surface area contributed by atoms with Crippen LogP contribution in [0, 0.1) is 6.92 Å². The Hall–Kier alpha value is -2.83. The van der Waals surface area contributed by atoms with Gasteiger partial charge in [-0.3, -0.25) is 9.59 Å². The number of carbonyl (C=O) groups is 2. The lowest BCUT2D eigenvalue weighted by atomic mass is 9.90. The van der Waals surface area contributed by atoms with Crippen LogP contribution >= 0.6 is 0 Å². The fourth-order valence-corrected chi connectivity index (χ4v) is 4.41. The number of likely N-dealkylation sites (tertiary alicyclic amines) is 1. The van der Waals surface area contributed by atoms with Crippen molar-refractivity contribution < 1.29 is 18.7 Å². The predicted octanol–water partition coefficient (Wildman–Crippen LogP) is 2.49. The molecular weight excluding hydrogens is 384 g/mol. The SMILES string of the molecule is Cc1cc(OCC(=O)NCCCN2CCCC2=O)c2c3c(c(=O)oc2c1)CCCC3. The van der Waals surface area contributed by atoms with Gasteiger partial charge in [-0.25, -0.2) is 4.79 Å². The van der Waals surface area contributed by atoms with Crippen LogP contribution in [0.5, 0.6) is 5.75 Å². The average molecular weight is 412 g/mol. The maximum atomic E-state index is 12.3. The zero-order valence-corrected chi connectivity index (χ0v) is 17.4. The van der Waals surface area contributed by atoms with E-state index in [1.807, 2.05) is 24.0 Å². The number of amides is 2. The van der Waals surface area contributed by atoms with Crippen LogP contribution in [-0.2, 0) is 22.4 Å². The summed E-state index contributed by atoms with van der Waals surface area (Å²) in [7, 11) is 0. The molecule has 0 unspecified atom stereocenters. The van der Waals surface area contributed by atoms with E-state index in [-0.39, 0.29) is 24.0 Å². The third-order valence-corrected chi connectivity index (χ3v) is 5.89. The van der Waals surface area contributed by atoms with Crippen molar-refractivity contribution in [3.8, 4) is 5.75 Å². The summed E-state index contributed by atoms with van der Waals surface area (Å²) in [6, 6.07) is 3.74. The molecule has 30 heavy (non-hydrogen) atoms. The topological polar surface area (TPSA) is 88.9 Å². The summed E-state index contributed by atoms with van der Waals surface area (Å²) >= 11 is 0. The van der Waals surface area contributed by atoms with Gasteiger partial charge in [0.05, 0.1) is 5.39 Å². The minimum Gasteiger partial charge on any atom is -0.483 e. The van der Waals surface area contributed by atoms with Crippen molar-refractivity contribution in [2.45, 2.75) is 51.9 Å². The van der Waals surface area contributed by atoms with Crippen molar-refractivity contribution in [1.29, 1.82) is 0 Å². The number of rotatable bonds is 7. The van der Waals surface area contributed by atoms with Crippen molar-refractivity contribution >= 4 is 22.8 Å². The molecule has 0 radical (unpaired) electrons. The molecule has 2 aliphatic rings. The molecule has 2 amide bonds. The smallest absolute Gasteiger partial charge is 0.339 e. The second-order valence-electron chi connectivity index (χ2n) is 8.17. The van der Waals surface area contributed by atoms with E-state index in [2.05, 4.69) is 5.32 Å². The Bertz CT molecular complexity index is 1030. The Morgan fingerprint density at radius 2 is 1.93 bits per heavy atom. The molecule has 7 heteroatoms. The first-order valence-electron chi connectivity index (χ1n) is 10.8. The molecule has 1 aromatic heterocycles. The van der Waals surface area contributed by atoms with Gasteiger partial charge in [0.15, 0.2) is 6.61 Å². The molecular formula is C23H28N2O5. The third-order valence-electron chi connectivity index (χ3n) is 5.89. The minimum absolute atomic E-state index is 0.102. The van der Waals surface area contributed by atoms with Crippen LogP contribution in [0.1, 0.15) is 48.8 Å². The summed E-state index contributed by atoms with van der Waals surface area (Å²) in [6.45, 7) is 3.80. The quantitative estimate of drug-likeness (QED) is 0.558. The van der Waals surface area contributed by atoms with Gasteiger partial charge < -0.3 is 19.4 Å². The Morgan fingerprint density at radius 1 is 1.13 bits per heavy atom. The molecule has 1 aromatic carbocycles. The first-order valence-corrected chi connectivity index (χ1v) is 10.8. The number of carbonyl (C=O) groups excluding carboxylic acids is 2. The van der Waals surface area contributed by atoms with E-state index in [1.165, 1.54) is 0 Å². The van der Waals surface area contributed by atoms with Crippen LogP contribution < -0.4 is 15.7 Å². The van der Waals surface area contributed by atoms with E-state index >= 15 is 0 Å². The summed E-state index contributed by atoms with van der Waals surface area (Å²) in [5.74, 6) is 0.583. The van der Waals surface area contributed by atoms with Gasteiger partial charge in [0, 0.05) is 31.6 Å². The van der Waals surface area contributed by atoms with E-state index in [4.69, 9.17) is 9.15 Å². The van der Waals surface area contributed by atoms with Crippen LogP contribution in [0.25, 0.3) is 11.0 Å². The van der Waals surface area contributed by atoms with Crippen molar-refractivity contribution in [2.24, 2.45) is 0 Å².